The molecule has 3 heteroatoms. The van der Waals surface area contributed by atoms with E-state index in [9.17, 15) is 4.79 Å². The fourth-order valence-corrected chi connectivity index (χ4v) is 2.74. The first-order chi connectivity index (χ1) is 8.86. The van der Waals surface area contributed by atoms with E-state index in [4.69, 9.17) is 0 Å². The van der Waals surface area contributed by atoms with Gasteiger partial charge in [0.15, 0.2) is 0 Å². The highest BCUT2D eigenvalue weighted by Gasteiger charge is 2.11. The van der Waals surface area contributed by atoms with Gasteiger partial charge >= 0.3 is 0 Å². The van der Waals surface area contributed by atoms with Gasteiger partial charge in [-0.25, -0.2) is 0 Å². The number of aromatic nitrogens is 1. The average Bonchev–Trinajstić information content (AvgIpc) is 3.05. The number of carbonyl (C=O) groups is 1. The van der Waals surface area contributed by atoms with Crippen molar-refractivity contribution < 1.29 is 4.79 Å². The number of hydrogen-bond donors (Lipinski definition) is 0. The van der Waals surface area contributed by atoms with E-state index in [-0.39, 0.29) is 0 Å². The van der Waals surface area contributed by atoms with Crippen LogP contribution in [0.4, 0.5) is 0 Å². The molecule has 3 nitrogen and oxygen atoms in total. The maximum atomic E-state index is 10.7. The SMILES string of the molecule is O=Cc1ccc2c(ccn2CCN2CCCC2)c1. The van der Waals surface area contributed by atoms with E-state index in [1.54, 1.807) is 0 Å². The zero-order valence-electron chi connectivity index (χ0n) is 10.5. The minimum Gasteiger partial charge on any atom is -0.346 e. The van der Waals surface area contributed by atoms with Gasteiger partial charge in [-0.2, -0.15) is 0 Å². The van der Waals surface area contributed by atoms with Crippen LogP contribution in [0.25, 0.3) is 10.9 Å². The molecule has 1 aliphatic heterocycles. The molecule has 2 heterocycles. The summed E-state index contributed by atoms with van der Waals surface area (Å²) in [6.45, 7) is 4.64. The number of hydrogen-bond acceptors (Lipinski definition) is 2. The van der Waals surface area contributed by atoms with Crippen LogP contribution < -0.4 is 0 Å². The highest BCUT2D eigenvalue weighted by molar-refractivity contribution is 5.87. The van der Waals surface area contributed by atoms with E-state index < -0.39 is 0 Å². The largest absolute Gasteiger partial charge is 0.346 e. The Kier molecular flexibility index (Phi) is 3.15. The highest BCUT2D eigenvalue weighted by Crippen LogP contribution is 2.17. The first kappa shape index (κ1) is 11.5. The first-order valence-corrected chi connectivity index (χ1v) is 6.63. The number of aldehydes is 1. The molecule has 1 saturated heterocycles. The Morgan fingerprint density at radius 1 is 1.11 bits per heavy atom. The molecule has 1 fully saturated rings. The van der Waals surface area contributed by atoms with Crippen LogP contribution in [0.3, 0.4) is 0 Å². The zero-order valence-corrected chi connectivity index (χ0v) is 10.5. The van der Waals surface area contributed by atoms with Crippen LogP contribution in [-0.4, -0.2) is 35.4 Å². The second-order valence-corrected chi connectivity index (χ2v) is 4.99. The van der Waals surface area contributed by atoms with Gasteiger partial charge in [0.05, 0.1) is 0 Å². The van der Waals surface area contributed by atoms with Gasteiger partial charge < -0.3 is 9.47 Å². The van der Waals surface area contributed by atoms with Crippen LogP contribution in [0.1, 0.15) is 23.2 Å². The third kappa shape index (κ3) is 2.18. The second kappa shape index (κ2) is 4.94. The molecule has 94 valence electrons. The summed E-state index contributed by atoms with van der Waals surface area (Å²) in [5.74, 6) is 0. The third-order valence-electron chi connectivity index (χ3n) is 3.79. The van der Waals surface area contributed by atoms with Gasteiger partial charge in [0.25, 0.3) is 0 Å². The molecule has 0 atom stereocenters. The lowest BCUT2D eigenvalue weighted by Crippen LogP contribution is -2.23. The number of carbonyl (C=O) groups excluding carboxylic acids is 1. The van der Waals surface area contributed by atoms with Gasteiger partial charge in [0.2, 0.25) is 0 Å². The molecular formula is C15H18N2O. The molecule has 0 amide bonds. The molecule has 1 aliphatic rings. The summed E-state index contributed by atoms with van der Waals surface area (Å²) in [6.07, 6.45) is 5.71. The number of benzene rings is 1. The molecule has 1 aromatic carbocycles. The second-order valence-electron chi connectivity index (χ2n) is 4.99. The van der Waals surface area contributed by atoms with E-state index in [1.807, 2.05) is 18.2 Å². The van der Waals surface area contributed by atoms with Gasteiger partial charge in [-0.3, -0.25) is 4.79 Å². The summed E-state index contributed by atoms with van der Waals surface area (Å²) >= 11 is 0. The minimum absolute atomic E-state index is 0.750. The van der Waals surface area contributed by atoms with Crippen molar-refractivity contribution in [1.82, 2.24) is 9.47 Å². The van der Waals surface area contributed by atoms with Crippen LogP contribution in [0.5, 0.6) is 0 Å². The Labute approximate surface area is 107 Å². The van der Waals surface area contributed by atoms with Crippen LogP contribution in [0, 0.1) is 0 Å². The van der Waals surface area contributed by atoms with Crippen LogP contribution >= 0.6 is 0 Å². The average molecular weight is 242 g/mol. The van der Waals surface area contributed by atoms with Gasteiger partial charge in [-0.05, 0) is 50.2 Å². The fraction of sp³-hybridized carbons (Fsp3) is 0.400. The summed E-state index contributed by atoms with van der Waals surface area (Å²) in [7, 11) is 0. The smallest absolute Gasteiger partial charge is 0.150 e. The molecule has 18 heavy (non-hydrogen) atoms. The van der Waals surface area contributed by atoms with Crippen LogP contribution in [-0.2, 0) is 6.54 Å². The zero-order chi connectivity index (χ0) is 12.4. The van der Waals surface area contributed by atoms with Crippen molar-refractivity contribution in [3.05, 3.63) is 36.0 Å². The molecule has 0 spiro atoms. The Bertz CT molecular complexity index is 553. The minimum atomic E-state index is 0.750. The standard InChI is InChI=1S/C15H18N2O/c18-12-13-3-4-15-14(11-13)5-8-17(15)10-9-16-6-1-2-7-16/h3-5,8,11-12H,1-2,6-7,9-10H2. The molecule has 2 aromatic rings. The van der Waals surface area contributed by atoms with Crippen LogP contribution in [0.15, 0.2) is 30.5 Å². The molecular weight excluding hydrogens is 224 g/mol. The Morgan fingerprint density at radius 3 is 2.72 bits per heavy atom. The molecule has 0 radical (unpaired) electrons. The van der Waals surface area contributed by atoms with Crippen molar-refractivity contribution in [2.24, 2.45) is 0 Å². The number of rotatable bonds is 4. The lowest BCUT2D eigenvalue weighted by Gasteiger charge is -2.15. The van der Waals surface area contributed by atoms with Crippen LogP contribution in [0.2, 0.25) is 0 Å². The number of nitrogens with zero attached hydrogens (tertiary/aromatic N) is 2. The summed E-state index contributed by atoms with van der Waals surface area (Å²) in [6, 6.07) is 7.98. The van der Waals surface area contributed by atoms with Gasteiger partial charge in [0, 0.05) is 35.8 Å². The Balaban J connectivity index is 1.77. The van der Waals surface area contributed by atoms with Crippen molar-refractivity contribution in [3.63, 3.8) is 0 Å². The topological polar surface area (TPSA) is 25.2 Å². The predicted molar refractivity (Wildman–Crippen MR) is 73.0 cm³/mol. The van der Waals surface area contributed by atoms with Crippen molar-refractivity contribution in [1.29, 1.82) is 0 Å². The maximum Gasteiger partial charge on any atom is 0.150 e. The third-order valence-corrected chi connectivity index (χ3v) is 3.79. The molecule has 3 rings (SSSR count). The Hall–Kier alpha value is -1.61. The van der Waals surface area contributed by atoms with Crippen molar-refractivity contribution in [2.45, 2.75) is 19.4 Å². The number of likely N-dealkylation sites (tertiary alicyclic amines) is 1. The molecule has 0 bridgehead atoms. The molecule has 0 aliphatic carbocycles. The molecule has 1 aromatic heterocycles. The predicted octanol–water partition coefficient (Wildman–Crippen LogP) is 2.55. The summed E-state index contributed by atoms with van der Waals surface area (Å²) in [5, 5.41) is 1.15. The number of fused-ring (bicyclic) bond motifs is 1. The monoisotopic (exact) mass is 242 g/mol. The summed E-state index contributed by atoms with van der Waals surface area (Å²) < 4.78 is 2.28. The normalized spacial score (nSPS) is 16.4. The quantitative estimate of drug-likeness (QED) is 0.770. The van der Waals surface area contributed by atoms with E-state index in [0.29, 0.717) is 0 Å². The summed E-state index contributed by atoms with van der Waals surface area (Å²) in [4.78, 5) is 13.3. The van der Waals surface area contributed by atoms with Crippen molar-refractivity contribution in [3.8, 4) is 0 Å². The van der Waals surface area contributed by atoms with Gasteiger partial charge in [-0.15, -0.1) is 0 Å². The molecule has 0 N–H and O–H groups in total. The van der Waals surface area contributed by atoms with E-state index in [1.165, 1.54) is 31.4 Å². The highest BCUT2D eigenvalue weighted by atomic mass is 16.1. The fourth-order valence-electron chi connectivity index (χ4n) is 2.74. The molecule has 0 unspecified atom stereocenters. The van der Waals surface area contributed by atoms with Crippen molar-refractivity contribution >= 4 is 17.2 Å². The van der Waals surface area contributed by atoms with E-state index >= 15 is 0 Å². The summed E-state index contributed by atoms with van der Waals surface area (Å²) in [5.41, 5.74) is 1.97. The van der Waals surface area contributed by atoms with Gasteiger partial charge in [0.1, 0.15) is 6.29 Å². The molecule has 0 saturated carbocycles. The Morgan fingerprint density at radius 2 is 1.94 bits per heavy atom. The first-order valence-electron chi connectivity index (χ1n) is 6.63. The van der Waals surface area contributed by atoms with Gasteiger partial charge in [-0.1, -0.05) is 0 Å². The lowest BCUT2D eigenvalue weighted by atomic mass is 10.2. The van der Waals surface area contributed by atoms with Crippen molar-refractivity contribution in [2.75, 3.05) is 19.6 Å². The van der Waals surface area contributed by atoms with E-state index in [2.05, 4.69) is 21.7 Å². The maximum absolute atomic E-state index is 10.7. The van der Waals surface area contributed by atoms with E-state index in [0.717, 1.165) is 30.3 Å². The lowest BCUT2D eigenvalue weighted by molar-refractivity contribution is 0.112.